The van der Waals surface area contributed by atoms with Gasteiger partial charge in [-0.2, -0.15) is 5.26 Å². The third kappa shape index (κ3) is 2.22. The highest BCUT2D eigenvalue weighted by atomic mass is 35.5. The Balaban J connectivity index is 2.44. The van der Waals surface area contributed by atoms with Crippen LogP contribution in [0, 0.1) is 17.1 Å². The lowest BCUT2D eigenvalue weighted by molar-refractivity contribution is 0.624. The van der Waals surface area contributed by atoms with Gasteiger partial charge in [-0.3, -0.25) is 0 Å². The first kappa shape index (κ1) is 12.2. The number of hydrogen-bond donors (Lipinski definition) is 2. The summed E-state index contributed by atoms with van der Waals surface area (Å²) >= 11 is 5.88. The molecule has 0 amide bonds. The number of nitrogen functional groups attached to an aromatic ring is 1. The molecule has 0 saturated carbocycles. The molecule has 5 heteroatoms. The molecule has 0 aliphatic rings. The molecular formula is C13H9ClFN3. The second-order valence-electron chi connectivity index (χ2n) is 3.60. The van der Waals surface area contributed by atoms with Gasteiger partial charge in [0.25, 0.3) is 0 Å². The maximum absolute atomic E-state index is 13.4. The quantitative estimate of drug-likeness (QED) is 0.811. The molecule has 90 valence electrons. The lowest BCUT2D eigenvalue weighted by atomic mass is 10.1. The third-order valence-electron chi connectivity index (χ3n) is 2.45. The van der Waals surface area contributed by atoms with Gasteiger partial charge in [0.05, 0.1) is 22.1 Å². The van der Waals surface area contributed by atoms with Gasteiger partial charge in [-0.25, -0.2) is 4.39 Å². The van der Waals surface area contributed by atoms with Gasteiger partial charge >= 0.3 is 0 Å². The summed E-state index contributed by atoms with van der Waals surface area (Å²) in [6.07, 6.45) is 0. The lowest BCUT2D eigenvalue weighted by Crippen LogP contribution is -1.99. The Morgan fingerprint density at radius 1 is 1.17 bits per heavy atom. The second kappa shape index (κ2) is 4.94. The largest absolute Gasteiger partial charge is 0.396 e. The molecule has 0 bridgehead atoms. The average molecular weight is 262 g/mol. The van der Waals surface area contributed by atoms with Gasteiger partial charge in [0.2, 0.25) is 0 Å². The minimum absolute atomic E-state index is 0.0584. The van der Waals surface area contributed by atoms with Crippen LogP contribution in [0.2, 0.25) is 5.02 Å². The predicted molar refractivity (Wildman–Crippen MR) is 70.3 cm³/mol. The van der Waals surface area contributed by atoms with E-state index in [0.717, 1.165) is 0 Å². The maximum Gasteiger partial charge on any atom is 0.143 e. The van der Waals surface area contributed by atoms with Gasteiger partial charge in [0, 0.05) is 0 Å². The zero-order valence-corrected chi connectivity index (χ0v) is 10.0. The van der Waals surface area contributed by atoms with Gasteiger partial charge in [-0.05, 0) is 24.3 Å². The highest BCUT2D eigenvalue weighted by Crippen LogP contribution is 2.30. The van der Waals surface area contributed by atoms with Crippen molar-refractivity contribution in [2.75, 3.05) is 11.1 Å². The van der Waals surface area contributed by atoms with Crippen LogP contribution >= 0.6 is 11.6 Å². The van der Waals surface area contributed by atoms with Crippen LogP contribution in [0.5, 0.6) is 0 Å². The number of para-hydroxylation sites is 1. The molecule has 2 rings (SSSR count). The van der Waals surface area contributed by atoms with Crippen LogP contribution in [0.1, 0.15) is 5.56 Å². The minimum atomic E-state index is -0.580. The highest BCUT2D eigenvalue weighted by molar-refractivity contribution is 6.33. The van der Waals surface area contributed by atoms with Crippen molar-refractivity contribution in [3.05, 3.63) is 52.8 Å². The molecule has 0 spiro atoms. The molecule has 3 nitrogen and oxygen atoms in total. The molecule has 0 fully saturated rings. The van der Waals surface area contributed by atoms with Crippen LogP contribution in [0.3, 0.4) is 0 Å². The Bertz CT molecular complexity index is 635. The Labute approximate surface area is 109 Å². The first-order chi connectivity index (χ1) is 8.63. The zero-order chi connectivity index (χ0) is 13.1. The SMILES string of the molecule is N#Cc1c(F)cccc1Nc1cccc(Cl)c1N. The number of nitrogens with zero attached hydrogens (tertiary/aromatic N) is 1. The molecule has 2 aromatic carbocycles. The summed E-state index contributed by atoms with van der Waals surface area (Å²) in [5.74, 6) is -0.580. The Morgan fingerprint density at radius 3 is 2.56 bits per heavy atom. The van der Waals surface area contributed by atoms with Crippen LogP contribution < -0.4 is 11.1 Å². The summed E-state index contributed by atoms with van der Waals surface area (Å²) in [6.45, 7) is 0. The van der Waals surface area contributed by atoms with Crippen LogP contribution in [-0.2, 0) is 0 Å². The van der Waals surface area contributed by atoms with E-state index in [4.69, 9.17) is 22.6 Å². The minimum Gasteiger partial charge on any atom is -0.396 e. The standard InChI is InChI=1S/C13H9ClFN3/c14-9-3-1-6-12(13(9)17)18-11-5-2-4-10(15)8(11)7-16/h1-6,18H,17H2. The Kier molecular flexibility index (Phi) is 3.35. The fourth-order valence-electron chi connectivity index (χ4n) is 1.53. The number of nitriles is 1. The molecule has 18 heavy (non-hydrogen) atoms. The van der Waals surface area contributed by atoms with Gasteiger partial charge in [-0.15, -0.1) is 0 Å². The molecule has 0 aliphatic carbocycles. The van der Waals surface area contributed by atoms with E-state index in [0.29, 0.717) is 22.1 Å². The number of anilines is 3. The van der Waals surface area contributed by atoms with Crippen molar-refractivity contribution in [1.82, 2.24) is 0 Å². The normalized spacial score (nSPS) is 9.83. The molecule has 0 unspecified atom stereocenters. The molecule has 0 saturated heterocycles. The molecular weight excluding hydrogens is 253 g/mol. The molecule has 0 heterocycles. The van der Waals surface area contributed by atoms with E-state index in [1.54, 1.807) is 30.3 Å². The summed E-state index contributed by atoms with van der Waals surface area (Å²) < 4.78 is 13.4. The van der Waals surface area contributed by atoms with Crippen LogP contribution in [0.4, 0.5) is 21.5 Å². The lowest BCUT2D eigenvalue weighted by Gasteiger charge is -2.11. The fourth-order valence-corrected chi connectivity index (χ4v) is 1.71. The van der Waals surface area contributed by atoms with E-state index in [1.807, 2.05) is 0 Å². The van der Waals surface area contributed by atoms with E-state index in [-0.39, 0.29) is 5.56 Å². The number of benzene rings is 2. The molecule has 2 aromatic rings. The number of halogens is 2. The van der Waals surface area contributed by atoms with E-state index in [9.17, 15) is 4.39 Å². The molecule has 0 atom stereocenters. The van der Waals surface area contributed by atoms with Crippen molar-refractivity contribution in [1.29, 1.82) is 5.26 Å². The van der Waals surface area contributed by atoms with Crippen molar-refractivity contribution in [3.8, 4) is 6.07 Å². The molecule has 0 aromatic heterocycles. The Morgan fingerprint density at radius 2 is 1.83 bits per heavy atom. The number of nitrogens with two attached hydrogens (primary N) is 1. The first-order valence-corrected chi connectivity index (χ1v) is 5.51. The van der Waals surface area contributed by atoms with Gasteiger partial charge in [0.1, 0.15) is 17.4 Å². The van der Waals surface area contributed by atoms with E-state index in [1.165, 1.54) is 12.1 Å². The topological polar surface area (TPSA) is 61.8 Å². The number of rotatable bonds is 2. The first-order valence-electron chi connectivity index (χ1n) is 5.13. The molecule has 0 radical (unpaired) electrons. The van der Waals surface area contributed by atoms with Crippen molar-refractivity contribution in [3.63, 3.8) is 0 Å². The molecule has 3 N–H and O–H groups in total. The van der Waals surface area contributed by atoms with Crippen LogP contribution in [0.15, 0.2) is 36.4 Å². The second-order valence-corrected chi connectivity index (χ2v) is 4.01. The predicted octanol–water partition coefficient (Wildman–Crippen LogP) is 3.68. The van der Waals surface area contributed by atoms with E-state index >= 15 is 0 Å². The van der Waals surface area contributed by atoms with E-state index in [2.05, 4.69) is 5.32 Å². The van der Waals surface area contributed by atoms with Crippen LogP contribution in [-0.4, -0.2) is 0 Å². The maximum atomic E-state index is 13.4. The average Bonchev–Trinajstić information content (AvgIpc) is 2.35. The summed E-state index contributed by atoms with van der Waals surface area (Å²) in [6, 6.07) is 11.2. The van der Waals surface area contributed by atoms with Gasteiger partial charge in [-0.1, -0.05) is 23.7 Å². The zero-order valence-electron chi connectivity index (χ0n) is 9.24. The smallest absolute Gasteiger partial charge is 0.143 e. The summed E-state index contributed by atoms with van der Waals surface area (Å²) in [7, 11) is 0. The summed E-state index contributed by atoms with van der Waals surface area (Å²) in [5, 5.41) is 12.2. The summed E-state index contributed by atoms with van der Waals surface area (Å²) in [5.41, 5.74) is 6.97. The number of hydrogen-bond acceptors (Lipinski definition) is 3. The molecule has 0 aliphatic heterocycles. The highest BCUT2D eigenvalue weighted by Gasteiger charge is 2.09. The van der Waals surface area contributed by atoms with Crippen molar-refractivity contribution in [2.45, 2.75) is 0 Å². The van der Waals surface area contributed by atoms with Crippen LogP contribution in [0.25, 0.3) is 0 Å². The van der Waals surface area contributed by atoms with Crippen molar-refractivity contribution in [2.24, 2.45) is 0 Å². The van der Waals surface area contributed by atoms with Gasteiger partial charge < -0.3 is 11.1 Å². The third-order valence-corrected chi connectivity index (χ3v) is 2.78. The number of nitrogens with one attached hydrogen (secondary N) is 1. The van der Waals surface area contributed by atoms with Crippen molar-refractivity contribution >= 4 is 28.7 Å². The van der Waals surface area contributed by atoms with E-state index < -0.39 is 5.82 Å². The summed E-state index contributed by atoms with van der Waals surface area (Å²) in [4.78, 5) is 0. The Hall–Kier alpha value is -2.25. The van der Waals surface area contributed by atoms with Gasteiger partial charge in [0.15, 0.2) is 0 Å². The monoisotopic (exact) mass is 261 g/mol. The van der Waals surface area contributed by atoms with Crippen molar-refractivity contribution < 1.29 is 4.39 Å². The fraction of sp³-hybridized carbons (Fsp3) is 0.